The molecule has 0 amide bonds. The zero-order chi connectivity index (χ0) is 13.1. The molecule has 1 aliphatic carbocycles. The second-order valence-electron chi connectivity index (χ2n) is 5.28. The molecular formula is C19H11N. The quantitative estimate of drug-likeness (QED) is 0.279. The summed E-state index contributed by atoms with van der Waals surface area (Å²) in [7, 11) is 0. The Labute approximate surface area is 116 Å². The number of hydrogen-bond donors (Lipinski definition) is 0. The maximum absolute atomic E-state index is 4.93. The van der Waals surface area contributed by atoms with E-state index in [0.29, 0.717) is 0 Å². The van der Waals surface area contributed by atoms with Crippen molar-refractivity contribution >= 4 is 44.7 Å². The predicted octanol–water partition coefficient (Wildman–Crippen LogP) is 5.03. The molecule has 0 spiro atoms. The summed E-state index contributed by atoms with van der Waals surface area (Å²) in [6.07, 6.45) is 4.41. The van der Waals surface area contributed by atoms with Crippen molar-refractivity contribution in [2.45, 2.75) is 0 Å². The maximum atomic E-state index is 4.93. The number of pyridine rings is 1. The van der Waals surface area contributed by atoms with Crippen molar-refractivity contribution in [2.24, 2.45) is 0 Å². The summed E-state index contributed by atoms with van der Waals surface area (Å²) in [5.41, 5.74) is 4.78. The van der Waals surface area contributed by atoms with E-state index in [0.717, 1.165) is 11.0 Å². The SMILES string of the molecule is C1=Cc2c3ccc4ccccc4c3nc3cccc1c23. The monoisotopic (exact) mass is 253 g/mol. The fraction of sp³-hybridized carbons (Fsp3) is 0. The first-order valence-electron chi connectivity index (χ1n) is 6.84. The van der Waals surface area contributed by atoms with Crippen LogP contribution in [0.1, 0.15) is 11.1 Å². The van der Waals surface area contributed by atoms with E-state index < -0.39 is 0 Å². The van der Waals surface area contributed by atoms with Crippen LogP contribution in [-0.4, -0.2) is 4.98 Å². The zero-order valence-electron chi connectivity index (χ0n) is 10.8. The van der Waals surface area contributed by atoms with Crippen molar-refractivity contribution in [1.29, 1.82) is 0 Å². The van der Waals surface area contributed by atoms with Gasteiger partial charge in [-0.05, 0) is 22.6 Å². The molecule has 0 fully saturated rings. The Kier molecular flexibility index (Phi) is 1.75. The van der Waals surface area contributed by atoms with Crippen LogP contribution >= 0.6 is 0 Å². The van der Waals surface area contributed by atoms with Gasteiger partial charge in [0.2, 0.25) is 0 Å². The lowest BCUT2D eigenvalue weighted by Gasteiger charge is -2.08. The van der Waals surface area contributed by atoms with Gasteiger partial charge in [0.1, 0.15) is 0 Å². The van der Waals surface area contributed by atoms with Crippen LogP contribution < -0.4 is 0 Å². The lowest BCUT2D eigenvalue weighted by atomic mass is 10.00. The van der Waals surface area contributed by atoms with Crippen LogP contribution in [0.5, 0.6) is 0 Å². The van der Waals surface area contributed by atoms with Crippen molar-refractivity contribution in [2.75, 3.05) is 0 Å². The Bertz CT molecular complexity index is 1040. The Balaban J connectivity index is 2.13. The second-order valence-corrected chi connectivity index (χ2v) is 5.28. The first-order chi connectivity index (χ1) is 9.92. The molecule has 1 aliphatic rings. The summed E-state index contributed by atoms with van der Waals surface area (Å²) in [5.74, 6) is 0. The van der Waals surface area contributed by atoms with Crippen LogP contribution in [0.2, 0.25) is 0 Å². The van der Waals surface area contributed by atoms with Gasteiger partial charge in [-0.1, -0.05) is 60.7 Å². The third-order valence-corrected chi connectivity index (χ3v) is 4.20. The number of aromatic nitrogens is 1. The molecule has 1 heteroatoms. The van der Waals surface area contributed by atoms with Gasteiger partial charge in [0.25, 0.3) is 0 Å². The Morgan fingerprint density at radius 2 is 1.65 bits per heavy atom. The highest BCUT2D eigenvalue weighted by molar-refractivity contribution is 6.17. The van der Waals surface area contributed by atoms with Gasteiger partial charge in [-0.3, -0.25) is 0 Å². The zero-order valence-corrected chi connectivity index (χ0v) is 10.8. The predicted molar refractivity (Wildman–Crippen MR) is 85.7 cm³/mol. The Morgan fingerprint density at radius 1 is 0.700 bits per heavy atom. The number of fused-ring (bicyclic) bond motifs is 4. The van der Waals surface area contributed by atoms with Gasteiger partial charge >= 0.3 is 0 Å². The van der Waals surface area contributed by atoms with Gasteiger partial charge in [-0.25, -0.2) is 4.98 Å². The smallest absolute Gasteiger partial charge is 0.0794 e. The van der Waals surface area contributed by atoms with Gasteiger partial charge in [0, 0.05) is 16.2 Å². The van der Waals surface area contributed by atoms with Crippen molar-refractivity contribution in [3.05, 3.63) is 65.7 Å². The molecule has 0 saturated carbocycles. The molecule has 4 aromatic rings. The highest BCUT2D eigenvalue weighted by Gasteiger charge is 2.14. The van der Waals surface area contributed by atoms with Crippen molar-refractivity contribution in [3.63, 3.8) is 0 Å². The molecule has 0 N–H and O–H groups in total. The van der Waals surface area contributed by atoms with Gasteiger partial charge in [-0.2, -0.15) is 0 Å². The van der Waals surface area contributed by atoms with E-state index in [4.69, 9.17) is 4.98 Å². The molecule has 0 atom stereocenters. The highest BCUT2D eigenvalue weighted by Crippen LogP contribution is 2.37. The number of benzene rings is 3. The molecule has 1 heterocycles. The third kappa shape index (κ3) is 1.15. The standard InChI is InChI=1S/C19H11N/c1-2-6-14-12(4-1)8-11-16-15-10-9-13-5-3-7-17(18(13)15)20-19(14)16/h1-11H. The lowest BCUT2D eigenvalue weighted by Crippen LogP contribution is -1.88. The molecular weight excluding hydrogens is 242 g/mol. The van der Waals surface area contributed by atoms with Gasteiger partial charge in [-0.15, -0.1) is 0 Å². The average molecular weight is 253 g/mol. The van der Waals surface area contributed by atoms with Crippen LogP contribution in [0.4, 0.5) is 0 Å². The van der Waals surface area contributed by atoms with E-state index >= 15 is 0 Å². The van der Waals surface area contributed by atoms with Crippen LogP contribution in [0, 0.1) is 0 Å². The summed E-state index contributed by atoms with van der Waals surface area (Å²) in [6, 6.07) is 19.2. The van der Waals surface area contributed by atoms with Gasteiger partial charge < -0.3 is 0 Å². The fourth-order valence-corrected chi connectivity index (χ4v) is 3.28. The minimum Gasteiger partial charge on any atom is -0.247 e. The molecule has 0 radical (unpaired) electrons. The summed E-state index contributed by atoms with van der Waals surface area (Å²) in [4.78, 5) is 4.93. The average Bonchev–Trinajstić information content (AvgIpc) is 2.93. The summed E-state index contributed by atoms with van der Waals surface area (Å²) in [5, 5.41) is 5.01. The first-order valence-corrected chi connectivity index (χ1v) is 6.84. The summed E-state index contributed by atoms with van der Waals surface area (Å²) >= 11 is 0. The van der Waals surface area contributed by atoms with Crippen molar-refractivity contribution in [3.8, 4) is 0 Å². The molecule has 0 unspecified atom stereocenters. The fourth-order valence-electron chi connectivity index (χ4n) is 3.28. The Hall–Kier alpha value is -2.67. The van der Waals surface area contributed by atoms with Crippen LogP contribution in [0.25, 0.3) is 44.7 Å². The topological polar surface area (TPSA) is 12.9 Å². The van der Waals surface area contributed by atoms with E-state index in [1.807, 2.05) is 0 Å². The molecule has 3 aromatic carbocycles. The molecule has 0 aliphatic heterocycles. The molecule has 1 aromatic heterocycles. The van der Waals surface area contributed by atoms with Crippen molar-refractivity contribution < 1.29 is 0 Å². The summed E-state index contributed by atoms with van der Waals surface area (Å²) in [6.45, 7) is 0. The minimum atomic E-state index is 1.09. The molecule has 5 rings (SSSR count). The van der Waals surface area contributed by atoms with E-state index in [2.05, 4.69) is 66.7 Å². The number of nitrogens with zero attached hydrogens (tertiary/aromatic N) is 1. The highest BCUT2D eigenvalue weighted by atomic mass is 14.7. The second kappa shape index (κ2) is 3.45. The largest absolute Gasteiger partial charge is 0.247 e. The molecule has 92 valence electrons. The van der Waals surface area contributed by atoms with Crippen LogP contribution in [0.3, 0.4) is 0 Å². The number of rotatable bonds is 0. The Morgan fingerprint density at radius 3 is 2.65 bits per heavy atom. The van der Waals surface area contributed by atoms with Crippen LogP contribution in [-0.2, 0) is 0 Å². The van der Waals surface area contributed by atoms with E-state index in [1.54, 1.807) is 0 Å². The lowest BCUT2D eigenvalue weighted by molar-refractivity contribution is 1.51. The minimum absolute atomic E-state index is 1.09. The summed E-state index contributed by atoms with van der Waals surface area (Å²) < 4.78 is 0. The normalized spacial score (nSPS) is 12.8. The van der Waals surface area contributed by atoms with Crippen molar-refractivity contribution in [1.82, 2.24) is 4.98 Å². The third-order valence-electron chi connectivity index (χ3n) is 4.20. The van der Waals surface area contributed by atoms with Gasteiger partial charge in [0.15, 0.2) is 0 Å². The maximum Gasteiger partial charge on any atom is 0.0794 e. The molecule has 0 bridgehead atoms. The van der Waals surface area contributed by atoms with E-state index in [9.17, 15) is 0 Å². The van der Waals surface area contributed by atoms with Gasteiger partial charge in [0.05, 0.1) is 11.0 Å². The van der Waals surface area contributed by atoms with E-state index in [-0.39, 0.29) is 0 Å². The first kappa shape index (κ1) is 10.2. The molecule has 0 saturated heterocycles. The number of hydrogen-bond acceptors (Lipinski definition) is 1. The van der Waals surface area contributed by atoms with E-state index in [1.165, 1.54) is 32.7 Å². The van der Waals surface area contributed by atoms with Crippen LogP contribution in [0.15, 0.2) is 54.6 Å². The molecule has 20 heavy (non-hydrogen) atoms. The molecule has 1 nitrogen and oxygen atoms in total.